The summed E-state index contributed by atoms with van der Waals surface area (Å²) in [6, 6.07) is 4.01. The molecule has 3 heterocycles. The second-order valence-electron chi connectivity index (χ2n) is 8.74. The monoisotopic (exact) mass is 371 g/mol. The quantitative estimate of drug-likeness (QED) is 0.884. The van der Waals surface area contributed by atoms with Gasteiger partial charge in [0.15, 0.2) is 0 Å². The minimum absolute atomic E-state index is 0.123. The van der Waals surface area contributed by atoms with E-state index in [1.165, 1.54) is 31.2 Å². The van der Waals surface area contributed by atoms with Gasteiger partial charge in [0.1, 0.15) is 5.54 Å². The van der Waals surface area contributed by atoms with Crippen LogP contribution in [0.4, 0.5) is 0 Å². The molecule has 1 aromatic heterocycles. The van der Waals surface area contributed by atoms with E-state index in [4.69, 9.17) is 0 Å². The Balaban J connectivity index is 1.48. The highest BCUT2D eigenvalue weighted by atomic mass is 16.3. The molecule has 2 saturated heterocycles. The number of piperidine rings is 1. The van der Waals surface area contributed by atoms with Gasteiger partial charge in [-0.25, -0.2) is 0 Å². The number of carbonyl (C=O) groups excluding carboxylic acids is 1. The van der Waals surface area contributed by atoms with Crippen LogP contribution in [-0.2, 0) is 11.2 Å². The number of hydrogen-bond acceptors (Lipinski definition) is 4. The van der Waals surface area contributed by atoms with E-state index >= 15 is 0 Å². The fraction of sp³-hybridized carbons (Fsp3) is 0.727. The fourth-order valence-corrected chi connectivity index (χ4v) is 5.46. The SMILES string of the molecule is O=C(N1C[C@@H](Cc2ccncc2)[C@H](O)C1)C1(N2CCCCC2)CCCCC1. The largest absolute Gasteiger partial charge is 0.391 e. The number of aromatic nitrogens is 1. The molecule has 0 bridgehead atoms. The van der Waals surface area contributed by atoms with E-state index in [0.29, 0.717) is 19.0 Å². The van der Waals surface area contributed by atoms with Crippen molar-refractivity contribution in [3.63, 3.8) is 0 Å². The molecular weight excluding hydrogens is 338 g/mol. The smallest absolute Gasteiger partial charge is 0.243 e. The predicted octanol–water partition coefficient (Wildman–Crippen LogP) is 2.63. The first-order valence-electron chi connectivity index (χ1n) is 10.8. The highest BCUT2D eigenvalue weighted by Gasteiger charge is 2.49. The van der Waals surface area contributed by atoms with Gasteiger partial charge in [-0.2, -0.15) is 0 Å². The summed E-state index contributed by atoms with van der Waals surface area (Å²) in [6.45, 7) is 3.28. The molecule has 1 amide bonds. The lowest BCUT2D eigenvalue weighted by molar-refractivity contribution is -0.147. The molecule has 1 aliphatic carbocycles. The van der Waals surface area contributed by atoms with Crippen molar-refractivity contribution in [2.45, 2.75) is 69.4 Å². The number of aliphatic hydroxyl groups excluding tert-OH is 1. The molecule has 0 aromatic carbocycles. The van der Waals surface area contributed by atoms with Gasteiger partial charge in [0.25, 0.3) is 0 Å². The lowest BCUT2D eigenvalue weighted by Crippen LogP contribution is -2.61. The molecule has 0 radical (unpaired) electrons. The lowest BCUT2D eigenvalue weighted by atomic mass is 9.78. The Hall–Kier alpha value is -1.46. The van der Waals surface area contributed by atoms with E-state index in [2.05, 4.69) is 9.88 Å². The number of amides is 1. The summed E-state index contributed by atoms with van der Waals surface area (Å²) >= 11 is 0. The summed E-state index contributed by atoms with van der Waals surface area (Å²) in [5, 5.41) is 10.6. The molecule has 2 atom stereocenters. The summed E-state index contributed by atoms with van der Waals surface area (Å²) in [6.07, 6.45) is 13.2. The van der Waals surface area contributed by atoms with Gasteiger partial charge in [0.2, 0.25) is 5.91 Å². The zero-order valence-corrected chi connectivity index (χ0v) is 16.4. The standard InChI is InChI=1S/C22H33N3O2/c26-20-17-24(16-19(20)15-18-7-11-23-12-8-18)21(27)22(9-3-1-4-10-22)25-13-5-2-6-14-25/h7-8,11-12,19-20,26H,1-6,9-10,13-17H2/t19-,20-/m1/s1. The van der Waals surface area contributed by atoms with Crippen LogP contribution in [0.25, 0.3) is 0 Å². The average molecular weight is 372 g/mol. The van der Waals surface area contributed by atoms with Crippen LogP contribution in [0.3, 0.4) is 0 Å². The average Bonchev–Trinajstić information content (AvgIpc) is 3.09. The van der Waals surface area contributed by atoms with Crippen molar-refractivity contribution in [1.29, 1.82) is 0 Å². The Morgan fingerprint density at radius 1 is 1.04 bits per heavy atom. The van der Waals surface area contributed by atoms with Crippen LogP contribution in [0.1, 0.15) is 56.9 Å². The maximum absolute atomic E-state index is 13.7. The normalized spacial score (nSPS) is 29.0. The number of pyridine rings is 1. The van der Waals surface area contributed by atoms with Crippen LogP contribution in [0.5, 0.6) is 0 Å². The van der Waals surface area contributed by atoms with Crippen molar-refractivity contribution in [1.82, 2.24) is 14.8 Å². The Bertz CT molecular complexity index is 624. The van der Waals surface area contributed by atoms with Crippen molar-refractivity contribution in [3.05, 3.63) is 30.1 Å². The van der Waals surface area contributed by atoms with Crippen LogP contribution in [0.15, 0.2) is 24.5 Å². The van der Waals surface area contributed by atoms with E-state index in [-0.39, 0.29) is 11.5 Å². The Kier molecular flexibility index (Phi) is 5.79. The summed E-state index contributed by atoms with van der Waals surface area (Å²) in [4.78, 5) is 22.3. The number of aliphatic hydroxyl groups is 1. The van der Waals surface area contributed by atoms with Gasteiger partial charge in [-0.15, -0.1) is 0 Å². The van der Waals surface area contributed by atoms with Crippen LogP contribution in [-0.4, -0.2) is 63.6 Å². The zero-order valence-electron chi connectivity index (χ0n) is 16.4. The molecule has 27 heavy (non-hydrogen) atoms. The third-order valence-electron chi connectivity index (χ3n) is 6.98. The first kappa shape index (κ1) is 18.9. The number of nitrogens with zero attached hydrogens (tertiary/aromatic N) is 3. The van der Waals surface area contributed by atoms with E-state index in [0.717, 1.165) is 45.2 Å². The number of likely N-dealkylation sites (tertiary alicyclic amines) is 2. The third kappa shape index (κ3) is 3.90. The number of β-amino-alcohol motifs (C(OH)–C–C–N with tert-alkyl or cyclic N) is 1. The molecule has 4 rings (SSSR count). The van der Waals surface area contributed by atoms with E-state index in [1.807, 2.05) is 17.0 Å². The van der Waals surface area contributed by atoms with E-state index < -0.39 is 6.10 Å². The molecule has 148 valence electrons. The maximum atomic E-state index is 13.7. The molecular formula is C22H33N3O2. The van der Waals surface area contributed by atoms with Crippen LogP contribution in [0, 0.1) is 5.92 Å². The summed E-state index contributed by atoms with van der Waals surface area (Å²) < 4.78 is 0. The second kappa shape index (κ2) is 8.27. The second-order valence-corrected chi connectivity index (χ2v) is 8.74. The number of hydrogen-bond donors (Lipinski definition) is 1. The minimum atomic E-state index is -0.427. The summed E-state index contributed by atoms with van der Waals surface area (Å²) in [5.74, 6) is 0.415. The molecule has 0 spiro atoms. The lowest BCUT2D eigenvalue weighted by Gasteiger charge is -2.48. The Morgan fingerprint density at radius 2 is 1.70 bits per heavy atom. The number of carbonyl (C=O) groups is 1. The molecule has 0 unspecified atom stereocenters. The van der Waals surface area contributed by atoms with E-state index in [1.54, 1.807) is 12.4 Å². The molecule has 3 fully saturated rings. The van der Waals surface area contributed by atoms with Crippen molar-refractivity contribution >= 4 is 5.91 Å². The first-order valence-corrected chi connectivity index (χ1v) is 10.8. The molecule has 1 N–H and O–H groups in total. The first-order chi connectivity index (χ1) is 13.2. The van der Waals surface area contributed by atoms with Gasteiger partial charge in [-0.05, 0) is 62.9 Å². The van der Waals surface area contributed by atoms with Crippen molar-refractivity contribution in [2.75, 3.05) is 26.2 Å². The van der Waals surface area contributed by atoms with Crippen molar-refractivity contribution < 1.29 is 9.90 Å². The van der Waals surface area contributed by atoms with Crippen molar-refractivity contribution in [3.8, 4) is 0 Å². The van der Waals surface area contributed by atoms with Crippen LogP contribution < -0.4 is 0 Å². The van der Waals surface area contributed by atoms with Gasteiger partial charge in [-0.1, -0.05) is 25.7 Å². The van der Waals surface area contributed by atoms with E-state index in [9.17, 15) is 9.90 Å². The Labute approximate surface area is 162 Å². The highest BCUT2D eigenvalue weighted by molar-refractivity contribution is 5.87. The summed E-state index contributed by atoms with van der Waals surface area (Å²) in [7, 11) is 0. The molecule has 1 aromatic rings. The van der Waals surface area contributed by atoms with Crippen LogP contribution >= 0.6 is 0 Å². The summed E-state index contributed by atoms with van der Waals surface area (Å²) in [5.41, 5.74) is 0.885. The van der Waals surface area contributed by atoms with Gasteiger partial charge >= 0.3 is 0 Å². The maximum Gasteiger partial charge on any atom is 0.243 e. The minimum Gasteiger partial charge on any atom is -0.391 e. The Morgan fingerprint density at radius 3 is 2.41 bits per heavy atom. The van der Waals surface area contributed by atoms with Gasteiger partial charge in [0.05, 0.1) is 6.10 Å². The van der Waals surface area contributed by atoms with Crippen molar-refractivity contribution in [2.24, 2.45) is 5.92 Å². The molecule has 5 nitrogen and oxygen atoms in total. The number of rotatable bonds is 4. The fourth-order valence-electron chi connectivity index (χ4n) is 5.46. The molecule has 5 heteroatoms. The van der Waals surface area contributed by atoms with Gasteiger partial charge in [0, 0.05) is 31.4 Å². The predicted molar refractivity (Wildman–Crippen MR) is 105 cm³/mol. The van der Waals surface area contributed by atoms with Gasteiger partial charge < -0.3 is 10.0 Å². The molecule has 1 saturated carbocycles. The zero-order chi connectivity index (χ0) is 18.7. The topological polar surface area (TPSA) is 56.7 Å². The van der Waals surface area contributed by atoms with Crippen LogP contribution in [0.2, 0.25) is 0 Å². The highest BCUT2D eigenvalue weighted by Crippen LogP contribution is 2.38. The molecule has 3 aliphatic rings. The van der Waals surface area contributed by atoms with Gasteiger partial charge in [-0.3, -0.25) is 14.7 Å². The third-order valence-corrected chi connectivity index (χ3v) is 6.98. The molecule has 2 aliphatic heterocycles.